The highest BCUT2D eigenvalue weighted by Gasteiger charge is 2.17. The quantitative estimate of drug-likeness (QED) is 0.862. The number of pyridine rings is 1. The van der Waals surface area contributed by atoms with Gasteiger partial charge in [0.15, 0.2) is 0 Å². The molecular formula is C16H22N6O. The molecule has 0 unspecified atom stereocenters. The van der Waals surface area contributed by atoms with Crippen molar-refractivity contribution in [2.75, 3.05) is 49.5 Å². The molecule has 1 saturated heterocycles. The minimum Gasteiger partial charge on any atom is -0.369 e. The molecule has 3 rings (SSSR count). The van der Waals surface area contributed by atoms with Crippen LogP contribution in [0.5, 0.6) is 0 Å². The Morgan fingerprint density at radius 1 is 1.22 bits per heavy atom. The summed E-state index contributed by atoms with van der Waals surface area (Å²) in [5.41, 5.74) is 0.851. The monoisotopic (exact) mass is 314 g/mol. The summed E-state index contributed by atoms with van der Waals surface area (Å²) in [7, 11) is 1.67. The number of aromatic nitrogens is 3. The third-order valence-corrected chi connectivity index (χ3v) is 4.09. The molecule has 3 heterocycles. The number of piperazine rings is 1. The Balaban J connectivity index is 1.45. The lowest BCUT2D eigenvalue weighted by Gasteiger charge is -2.35. The van der Waals surface area contributed by atoms with Gasteiger partial charge in [0.2, 0.25) is 0 Å². The first-order chi connectivity index (χ1) is 11.2. The number of aryl methyl sites for hydroxylation is 1. The van der Waals surface area contributed by atoms with Crippen LogP contribution in [-0.4, -0.2) is 58.9 Å². The van der Waals surface area contributed by atoms with Crippen molar-refractivity contribution in [1.82, 2.24) is 19.7 Å². The minimum absolute atomic E-state index is 0.0653. The Bertz CT molecular complexity index is 678. The summed E-state index contributed by atoms with van der Waals surface area (Å²) in [6.07, 6.45) is 3.55. The predicted octanol–water partition coefficient (Wildman–Crippen LogP) is 0.409. The van der Waals surface area contributed by atoms with E-state index in [1.807, 2.05) is 18.2 Å². The third kappa shape index (κ3) is 4.07. The standard InChI is InChI=1S/C16H22N6O/c1-20-16(23)12-14(13-19-20)22-10-8-21(9-11-22)7-6-18-15-4-2-3-5-17-15/h2-5,12-13H,6-11H2,1H3,(H,17,18). The molecule has 1 aliphatic heterocycles. The number of hydrogen-bond acceptors (Lipinski definition) is 6. The highest BCUT2D eigenvalue weighted by Crippen LogP contribution is 2.12. The SMILES string of the molecule is Cn1ncc(N2CCN(CCNc3ccccn3)CC2)cc1=O. The van der Waals surface area contributed by atoms with Gasteiger partial charge in [0, 0.05) is 58.6 Å². The summed E-state index contributed by atoms with van der Waals surface area (Å²) in [6.45, 7) is 5.67. The van der Waals surface area contributed by atoms with E-state index in [2.05, 4.69) is 25.2 Å². The van der Waals surface area contributed by atoms with Crippen molar-refractivity contribution < 1.29 is 0 Å². The van der Waals surface area contributed by atoms with E-state index in [1.54, 1.807) is 25.5 Å². The molecule has 0 atom stereocenters. The maximum absolute atomic E-state index is 11.7. The summed E-state index contributed by atoms with van der Waals surface area (Å²) in [5.74, 6) is 0.914. The van der Waals surface area contributed by atoms with E-state index in [1.165, 1.54) is 4.68 Å². The Morgan fingerprint density at radius 3 is 2.74 bits per heavy atom. The van der Waals surface area contributed by atoms with E-state index < -0.39 is 0 Å². The first-order valence-electron chi connectivity index (χ1n) is 7.88. The van der Waals surface area contributed by atoms with Gasteiger partial charge in [-0.15, -0.1) is 0 Å². The van der Waals surface area contributed by atoms with Gasteiger partial charge in [-0.2, -0.15) is 5.10 Å². The van der Waals surface area contributed by atoms with Gasteiger partial charge in [0.05, 0.1) is 11.9 Å². The maximum atomic E-state index is 11.7. The molecule has 2 aromatic heterocycles. The van der Waals surface area contributed by atoms with E-state index >= 15 is 0 Å². The van der Waals surface area contributed by atoms with Gasteiger partial charge in [0.1, 0.15) is 5.82 Å². The van der Waals surface area contributed by atoms with E-state index in [0.29, 0.717) is 0 Å². The maximum Gasteiger partial charge on any atom is 0.268 e. The van der Waals surface area contributed by atoms with Crippen LogP contribution < -0.4 is 15.8 Å². The van der Waals surface area contributed by atoms with Crippen molar-refractivity contribution in [2.45, 2.75) is 0 Å². The molecule has 23 heavy (non-hydrogen) atoms. The zero-order valence-corrected chi connectivity index (χ0v) is 13.4. The topological polar surface area (TPSA) is 66.3 Å². The predicted molar refractivity (Wildman–Crippen MR) is 90.9 cm³/mol. The van der Waals surface area contributed by atoms with Gasteiger partial charge in [0.25, 0.3) is 5.56 Å². The molecule has 0 aromatic carbocycles. The summed E-state index contributed by atoms with van der Waals surface area (Å²) in [4.78, 5) is 20.6. The Labute approximate surface area is 135 Å². The van der Waals surface area contributed by atoms with E-state index in [0.717, 1.165) is 50.8 Å². The van der Waals surface area contributed by atoms with Crippen LogP contribution in [0.2, 0.25) is 0 Å². The van der Waals surface area contributed by atoms with Crippen LogP contribution in [0.1, 0.15) is 0 Å². The lowest BCUT2D eigenvalue weighted by atomic mass is 10.3. The van der Waals surface area contributed by atoms with Crippen LogP contribution in [0.15, 0.2) is 41.5 Å². The number of nitrogens with zero attached hydrogens (tertiary/aromatic N) is 5. The van der Waals surface area contributed by atoms with E-state index in [-0.39, 0.29) is 5.56 Å². The largest absolute Gasteiger partial charge is 0.369 e. The van der Waals surface area contributed by atoms with Crippen molar-refractivity contribution in [2.24, 2.45) is 7.05 Å². The molecule has 2 aromatic rings. The molecule has 1 fully saturated rings. The Morgan fingerprint density at radius 2 is 2.04 bits per heavy atom. The van der Waals surface area contributed by atoms with Crippen molar-refractivity contribution in [1.29, 1.82) is 0 Å². The fraction of sp³-hybridized carbons (Fsp3) is 0.438. The summed E-state index contributed by atoms with van der Waals surface area (Å²) in [6, 6.07) is 7.52. The van der Waals surface area contributed by atoms with Crippen LogP contribution in [0.3, 0.4) is 0 Å². The summed E-state index contributed by atoms with van der Waals surface area (Å²) < 4.78 is 1.35. The molecule has 0 aliphatic carbocycles. The molecule has 7 heteroatoms. The first-order valence-corrected chi connectivity index (χ1v) is 7.88. The number of nitrogens with one attached hydrogen (secondary N) is 1. The number of hydrogen-bond donors (Lipinski definition) is 1. The molecule has 0 saturated carbocycles. The van der Waals surface area contributed by atoms with Crippen LogP contribution in [0.4, 0.5) is 11.5 Å². The molecule has 7 nitrogen and oxygen atoms in total. The molecule has 1 aliphatic rings. The first kappa shape index (κ1) is 15.5. The second-order valence-corrected chi connectivity index (χ2v) is 5.65. The van der Waals surface area contributed by atoms with Gasteiger partial charge in [-0.3, -0.25) is 9.69 Å². The molecule has 0 spiro atoms. The molecule has 122 valence electrons. The van der Waals surface area contributed by atoms with Crippen molar-refractivity contribution in [3.05, 3.63) is 47.0 Å². The normalized spacial score (nSPS) is 15.6. The summed E-state index contributed by atoms with van der Waals surface area (Å²) in [5, 5.41) is 7.42. The molecule has 1 N–H and O–H groups in total. The average Bonchev–Trinajstić information content (AvgIpc) is 2.59. The van der Waals surface area contributed by atoms with Gasteiger partial charge < -0.3 is 10.2 Å². The van der Waals surface area contributed by atoms with Gasteiger partial charge in [-0.25, -0.2) is 9.67 Å². The smallest absolute Gasteiger partial charge is 0.268 e. The lowest BCUT2D eigenvalue weighted by molar-refractivity contribution is 0.267. The Hall–Kier alpha value is -2.41. The average molecular weight is 314 g/mol. The van der Waals surface area contributed by atoms with Gasteiger partial charge in [-0.1, -0.05) is 6.07 Å². The van der Waals surface area contributed by atoms with Crippen LogP contribution in [0.25, 0.3) is 0 Å². The molecule has 0 amide bonds. The van der Waals surface area contributed by atoms with Gasteiger partial charge in [-0.05, 0) is 12.1 Å². The molecule has 0 radical (unpaired) electrons. The van der Waals surface area contributed by atoms with Crippen LogP contribution >= 0.6 is 0 Å². The molecule has 0 bridgehead atoms. The number of rotatable bonds is 5. The van der Waals surface area contributed by atoms with Crippen molar-refractivity contribution in [3.8, 4) is 0 Å². The van der Waals surface area contributed by atoms with Gasteiger partial charge >= 0.3 is 0 Å². The molecular weight excluding hydrogens is 292 g/mol. The number of anilines is 2. The highest BCUT2D eigenvalue weighted by molar-refractivity contribution is 5.43. The van der Waals surface area contributed by atoms with Crippen LogP contribution in [0, 0.1) is 0 Å². The van der Waals surface area contributed by atoms with E-state index in [9.17, 15) is 4.79 Å². The second kappa shape index (κ2) is 7.23. The van der Waals surface area contributed by atoms with E-state index in [4.69, 9.17) is 0 Å². The van der Waals surface area contributed by atoms with Crippen molar-refractivity contribution >= 4 is 11.5 Å². The van der Waals surface area contributed by atoms with Crippen molar-refractivity contribution in [3.63, 3.8) is 0 Å². The fourth-order valence-electron chi connectivity index (χ4n) is 2.67. The zero-order chi connectivity index (χ0) is 16.1. The third-order valence-electron chi connectivity index (χ3n) is 4.09. The Kier molecular flexibility index (Phi) is 4.87. The minimum atomic E-state index is -0.0653. The highest BCUT2D eigenvalue weighted by atomic mass is 16.1. The summed E-state index contributed by atoms with van der Waals surface area (Å²) >= 11 is 0. The lowest BCUT2D eigenvalue weighted by Crippen LogP contribution is -2.48. The second-order valence-electron chi connectivity index (χ2n) is 5.65. The fourth-order valence-corrected chi connectivity index (χ4v) is 2.67. The van der Waals surface area contributed by atoms with Crippen LogP contribution in [-0.2, 0) is 7.05 Å². The zero-order valence-electron chi connectivity index (χ0n) is 13.4.